The van der Waals surface area contributed by atoms with Crippen molar-refractivity contribution in [1.29, 1.82) is 0 Å². The molecule has 0 saturated carbocycles. The smallest absolute Gasteiger partial charge is 0.0242 e. The van der Waals surface area contributed by atoms with E-state index in [2.05, 4.69) is 72.5 Å². The molecule has 1 aliphatic rings. The highest BCUT2D eigenvalue weighted by Crippen LogP contribution is 2.41. The van der Waals surface area contributed by atoms with Gasteiger partial charge >= 0.3 is 0 Å². The van der Waals surface area contributed by atoms with Crippen LogP contribution in [0.2, 0.25) is 0 Å². The van der Waals surface area contributed by atoms with E-state index in [9.17, 15) is 0 Å². The quantitative estimate of drug-likeness (QED) is 0.756. The lowest BCUT2D eigenvalue weighted by Gasteiger charge is -2.41. The van der Waals surface area contributed by atoms with Crippen LogP contribution < -0.4 is 0 Å². The molecule has 2 aromatic carbocycles. The summed E-state index contributed by atoms with van der Waals surface area (Å²) in [5, 5.41) is 0. The van der Waals surface area contributed by atoms with Crippen molar-refractivity contribution in [2.45, 2.75) is 18.3 Å². The first kappa shape index (κ1) is 13.9. The first-order valence-corrected chi connectivity index (χ1v) is 7.56. The molecule has 106 valence electrons. The standard InChI is InChI=1S/C20H21N/c1-3-17-9-11-19(12-10-17)20(13-15-21(2)16-14-20)18-7-5-4-6-8-18/h1,4-12H,13-16H2,2H3. The molecule has 0 spiro atoms. The van der Waals surface area contributed by atoms with Gasteiger partial charge in [-0.3, -0.25) is 0 Å². The van der Waals surface area contributed by atoms with Crippen molar-refractivity contribution in [1.82, 2.24) is 4.90 Å². The van der Waals surface area contributed by atoms with Crippen LogP contribution in [0.5, 0.6) is 0 Å². The van der Waals surface area contributed by atoms with Crippen molar-refractivity contribution in [3.8, 4) is 12.3 Å². The molecule has 0 unspecified atom stereocenters. The third-order valence-electron chi connectivity index (χ3n) is 4.77. The van der Waals surface area contributed by atoms with Crippen molar-refractivity contribution >= 4 is 0 Å². The largest absolute Gasteiger partial charge is 0.306 e. The minimum Gasteiger partial charge on any atom is -0.306 e. The highest BCUT2D eigenvalue weighted by molar-refractivity contribution is 5.43. The van der Waals surface area contributed by atoms with Gasteiger partial charge in [0.25, 0.3) is 0 Å². The summed E-state index contributed by atoms with van der Waals surface area (Å²) < 4.78 is 0. The Labute approximate surface area is 127 Å². The first-order valence-electron chi connectivity index (χ1n) is 7.56. The minimum absolute atomic E-state index is 0.126. The molecule has 0 radical (unpaired) electrons. The fourth-order valence-electron chi connectivity index (χ4n) is 3.39. The van der Waals surface area contributed by atoms with Crippen LogP contribution in [-0.4, -0.2) is 25.0 Å². The summed E-state index contributed by atoms with van der Waals surface area (Å²) in [7, 11) is 2.20. The van der Waals surface area contributed by atoms with Gasteiger partial charge in [-0.05, 0) is 56.2 Å². The van der Waals surface area contributed by atoms with Gasteiger partial charge in [-0.25, -0.2) is 0 Å². The van der Waals surface area contributed by atoms with E-state index in [0.717, 1.165) is 31.5 Å². The lowest BCUT2D eigenvalue weighted by Crippen LogP contribution is -2.41. The number of hydrogen-bond acceptors (Lipinski definition) is 1. The van der Waals surface area contributed by atoms with Gasteiger partial charge in [-0.2, -0.15) is 0 Å². The minimum atomic E-state index is 0.126. The second-order valence-corrected chi connectivity index (χ2v) is 5.97. The molecule has 0 bridgehead atoms. The summed E-state index contributed by atoms with van der Waals surface area (Å²) in [5.74, 6) is 2.71. The van der Waals surface area contributed by atoms with Gasteiger partial charge < -0.3 is 4.90 Å². The Morgan fingerprint density at radius 3 is 2.05 bits per heavy atom. The molecule has 0 N–H and O–H groups in total. The van der Waals surface area contributed by atoms with E-state index >= 15 is 0 Å². The number of piperidine rings is 1. The van der Waals surface area contributed by atoms with Crippen LogP contribution in [-0.2, 0) is 5.41 Å². The Morgan fingerprint density at radius 2 is 1.48 bits per heavy atom. The molecule has 1 nitrogen and oxygen atoms in total. The predicted octanol–water partition coefficient (Wildman–Crippen LogP) is 3.68. The molecule has 1 heteroatoms. The fourth-order valence-corrected chi connectivity index (χ4v) is 3.39. The molecule has 0 atom stereocenters. The second-order valence-electron chi connectivity index (χ2n) is 5.97. The molecule has 1 fully saturated rings. The highest BCUT2D eigenvalue weighted by atomic mass is 15.1. The first-order chi connectivity index (χ1) is 10.2. The summed E-state index contributed by atoms with van der Waals surface area (Å²) in [5.41, 5.74) is 3.89. The average molecular weight is 275 g/mol. The highest BCUT2D eigenvalue weighted by Gasteiger charge is 2.36. The van der Waals surface area contributed by atoms with Crippen LogP contribution >= 0.6 is 0 Å². The van der Waals surface area contributed by atoms with Crippen molar-refractivity contribution in [2.24, 2.45) is 0 Å². The lowest BCUT2D eigenvalue weighted by atomic mass is 9.68. The third-order valence-corrected chi connectivity index (χ3v) is 4.77. The Kier molecular flexibility index (Phi) is 3.82. The van der Waals surface area contributed by atoms with Crippen LogP contribution in [0.4, 0.5) is 0 Å². The van der Waals surface area contributed by atoms with Crippen LogP contribution in [0.1, 0.15) is 29.5 Å². The van der Waals surface area contributed by atoms with Crippen molar-refractivity contribution in [3.05, 3.63) is 71.3 Å². The number of hydrogen-bond donors (Lipinski definition) is 0. The van der Waals surface area contributed by atoms with E-state index in [0.29, 0.717) is 0 Å². The van der Waals surface area contributed by atoms with Crippen LogP contribution in [0.3, 0.4) is 0 Å². The zero-order chi connectivity index (χ0) is 14.7. The van der Waals surface area contributed by atoms with Crippen molar-refractivity contribution < 1.29 is 0 Å². The normalized spacial score (nSPS) is 18.1. The molecule has 1 saturated heterocycles. The Balaban J connectivity index is 2.06. The molecule has 21 heavy (non-hydrogen) atoms. The molecule has 1 aliphatic heterocycles. The molecule has 3 rings (SSSR count). The summed E-state index contributed by atoms with van der Waals surface area (Å²) in [6.45, 7) is 2.26. The van der Waals surface area contributed by atoms with Crippen LogP contribution in [0.15, 0.2) is 54.6 Å². The SMILES string of the molecule is C#Cc1ccc(C2(c3ccccc3)CCN(C)CC2)cc1. The van der Waals surface area contributed by atoms with Gasteiger partial charge in [-0.1, -0.05) is 48.4 Å². The maximum absolute atomic E-state index is 5.48. The average Bonchev–Trinajstić information content (AvgIpc) is 2.57. The number of benzene rings is 2. The summed E-state index contributed by atoms with van der Waals surface area (Å²) >= 11 is 0. The Morgan fingerprint density at radius 1 is 0.905 bits per heavy atom. The second kappa shape index (κ2) is 5.76. The summed E-state index contributed by atoms with van der Waals surface area (Å²) in [6.07, 6.45) is 7.80. The number of terminal acetylenes is 1. The van der Waals surface area contributed by atoms with E-state index < -0.39 is 0 Å². The van der Waals surface area contributed by atoms with Gasteiger partial charge in [0, 0.05) is 11.0 Å². The predicted molar refractivity (Wildman–Crippen MR) is 88.3 cm³/mol. The van der Waals surface area contributed by atoms with Gasteiger partial charge in [-0.15, -0.1) is 6.42 Å². The summed E-state index contributed by atoms with van der Waals surface area (Å²) in [6, 6.07) is 19.5. The monoisotopic (exact) mass is 275 g/mol. The molecular weight excluding hydrogens is 254 g/mol. The molecule has 2 aromatic rings. The third kappa shape index (κ3) is 2.60. The zero-order valence-electron chi connectivity index (χ0n) is 12.5. The zero-order valence-corrected chi connectivity index (χ0v) is 12.5. The number of rotatable bonds is 2. The van der Waals surface area contributed by atoms with Crippen LogP contribution in [0, 0.1) is 12.3 Å². The van der Waals surface area contributed by atoms with Gasteiger partial charge in [0.1, 0.15) is 0 Å². The molecular formula is C20H21N. The van der Waals surface area contributed by atoms with Gasteiger partial charge in [0.05, 0.1) is 0 Å². The maximum Gasteiger partial charge on any atom is 0.0242 e. The Bertz CT molecular complexity index is 626. The van der Waals surface area contributed by atoms with E-state index in [1.165, 1.54) is 11.1 Å². The molecule has 0 aliphatic carbocycles. The molecule has 1 heterocycles. The Hall–Kier alpha value is -2.04. The van der Waals surface area contributed by atoms with Gasteiger partial charge in [0.15, 0.2) is 0 Å². The number of nitrogens with zero attached hydrogens (tertiary/aromatic N) is 1. The number of likely N-dealkylation sites (tertiary alicyclic amines) is 1. The van der Waals surface area contributed by atoms with E-state index in [-0.39, 0.29) is 5.41 Å². The summed E-state index contributed by atoms with van der Waals surface area (Å²) in [4.78, 5) is 2.41. The van der Waals surface area contributed by atoms with E-state index in [1.807, 2.05) is 0 Å². The van der Waals surface area contributed by atoms with E-state index in [4.69, 9.17) is 6.42 Å². The van der Waals surface area contributed by atoms with E-state index in [1.54, 1.807) is 0 Å². The molecule has 0 aromatic heterocycles. The maximum atomic E-state index is 5.48. The van der Waals surface area contributed by atoms with Crippen molar-refractivity contribution in [3.63, 3.8) is 0 Å². The molecule has 0 amide bonds. The topological polar surface area (TPSA) is 3.24 Å². The lowest BCUT2D eigenvalue weighted by molar-refractivity contribution is 0.213. The van der Waals surface area contributed by atoms with Crippen molar-refractivity contribution in [2.75, 3.05) is 20.1 Å². The van der Waals surface area contributed by atoms with Crippen LogP contribution in [0.25, 0.3) is 0 Å². The fraction of sp³-hybridized carbons (Fsp3) is 0.300. The van der Waals surface area contributed by atoms with Gasteiger partial charge in [0.2, 0.25) is 0 Å².